The Balaban J connectivity index is 1.44. The first-order chi connectivity index (χ1) is 15.2. The van der Waals surface area contributed by atoms with Crippen LogP contribution in [0.2, 0.25) is 0 Å². The molecule has 5 heteroatoms. The van der Waals surface area contributed by atoms with Crippen molar-refractivity contribution in [1.82, 2.24) is 14.9 Å². The minimum absolute atomic E-state index is 0.714. The van der Waals surface area contributed by atoms with Gasteiger partial charge in [-0.05, 0) is 43.9 Å². The Kier molecular flexibility index (Phi) is 5.85. The maximum Gasteiger partial charge on any atom is 0.228 e. The summed E-state index contributed by atoms with van der Waals surface area (Å²) in [6, 6.07) is 18.7. The Hall–Kier alpha value is -2.92. The van der Waals surface area contributed by atoms with E-state index in [2.05, 4.69) is 41.0 Å². The third-order valence-electron chi connectivity index (χ3n) is 6.17. The fraction of sp³-hybridized carbons (Fsp3) is 0.385. The van der Waals surface area contributed by atoms with Crippen molar-refractivity contribution in [3.63, 3.8) is 0 Å². The quantitative estimate of drug-likeness (QED) is 0.579. The van der Waals surface area contributed by atoms with E-state index in [9.17, 15) is 0 Å². The SMILES string of the molecule is Cc1cccc(CN2CCc3nc(N4CCCCC4)nc(Oc4ccccc4)c3C2)c1. The number of aryl methyl sites for hydroxylation is 1. The summed E-state index contributed by atoms with van der Waals surface area (Å²) in [6.45, 7) is 6.95. The van der Waals surface area contributed by atoms with Gasteiger partial charge in [-0.3, -0.25) is 4.90 Å². The van der Waals surface area contributed by atoms with Crippen molar-refractivity contribution in [1.29, 1.82) is 0 Å². The average molecular weight is 415 g/mol. The van der Waals surface area contributed by atoms with E-state index in [-0.39, 0.29) is 0 Å². The molecule has 0 radical (unpaired) electrons. The lowest BCUT2D eigenvalue weighted by atomic mass is 10.0. The second-order valence-corrected chi connectivity index (χ2v) is 8.67. The number of anilines is 1. The Morgan fingerprint density at radius 3 is 2.55 bits per heavy atom. The van der Waals surface area contributed by atoms with Gasteiger partial charge in [-0.2, -0.15) is 4.98 Å². The molecule has 2 aliphatic rings. The standard InChI is InChI=1S/C26H30N4O/c1-20-9-8-10-21(17-20)18-29-16-13-24-23(19-29)25(31-22-11-4-2-5-12-22)28-26(27-24)30-14-6-3-7-15-30/h2,4-5,8-12,17H,3,6-7,13-16,18-19H2,1H3. The van der Waals surface area contributed by atoms with E-state index in [1.165, 1.54) is 30.4 Å². The summed E-state index contributed by atoms with van der Waals surface area (Å²) >= 11 is 0. The Bertz CT molecular complexity index is 1030. The highest BCUT2D eigenvalue weighted by molar-refractivity contribution is 5.43. The molecule has 0 amide bonds. The van der Waals surface area contributed by atoms with E-state index in [4.69, 9.17) is 14.7 Å². The summed E-state index contributed by atoms with van der Waals surface area (Å²) in [6.07, 6.45) is 4.64. The lowest BCUT2D eigenvalue weighted by molar-refractivity contribution is 0.238. The molecule has 0 unspecified atom stereocenters. The van der Waals surface area contributed by atoms with Crippen LogP contribution in [0.3, 0.4) is 0 Å². The predicted molar refractivity (Wildman–Crippen MR) is 124 cm³/mol. The number of fused-ring (bicyclic) bond motifs is 1. The van der Waals surface area contributed by atoms with Crippen LogP contribution in [-0.2, 0) is 19.5 Å². The van der Waals surface area contributed by atoms with Gasteiger partial charge in [0.25, 0.3) is 0 Å². The van der Waals surface area contributed by atoms with Gasteiger partial charge in [-0.1, -0.05) is 48.0 Å². The molecule has 2 aromatic carbocycles. The first-order valence-electron chi connectivity index (χ1n) is 11.4. The zero-order valence-corrected chi connectivity index (χ0v) is 18.3. The monoisotopic (exact) mass is 414 g/mol. The van der Waals surface area contributed by atoms with E-state index in [1.807, 2.05) is 30.3 Å². The largest absolute Gasteiger partial charge is 0.439 e. The van der Waals surface area contributed by atoms with Crippen molar-refractivity contribution in [2.24, 2.45) is 0 Å². The van der Waals surface area contributed by atoms with Gasteiger partial charge in [-0.25, -0.2) is 4.98 Å². The highest BCUT2D eigenvalue weighted by atomic mass is 16.5. The van der Waals surface area contributed by atoms with E-state index in [0.717, 1.165) is 62.1 Å². The van der Waals surface area contributed by atoms with Gasteiger partial charge >= 0.3 is 0 Å². The van der Waals surface area contributed by atoms with Crippen molar-refractivity contribution in [2.45, 2.75) is 45.7 Å². The third-order valence-corrected chi connectivity index (χ3v) is 6.17. The van der Waals surface area contributed by atoms with Crippen LogP contribution in [0.1, 0.15) is 41.6 Å². The van der Waals surface area contributed by atoms with Crippen molar-refractivity contribution in [2.75, 3.05) is 24.5 Å². The molecule has 2 aliphatic heterocycles. The number of rotatable bonds is 5. The van der Waals surface area contributed by atoms with Gasteiger partial charge in [-0.15, -0.1) is 0 Å². The first-order valence-corrected chi connectivity index (χ1v) is 11.4. The van der Waals surface area contributed by atoms with Gasteiger partial charge < -0.3 is 9.64 Å². The number of piperidine rings is 1. The van der Waals surface area contributed by atoms with Crippen LogP contribution in [0.25, 0.3) is 0 Å². The molecular formula is C26H30N4O. The van der Waals surface area contributed by atoms with Gasteiger partial charge in [0.2, 0.25) is 11.8 Å². The molecular weight excluding hydrogens is 384 g/mol. The summed E-state index contributed by atoms with van der Waals surface area (Å²) in [5, 5.41) is 0. The predicted octanol–water partition coefficient (Wildman–Crippen LogP) is 5.13. The molecule has 160 valence electrons. The fourth-order valence-electron chi connectivity index (χ4n) is 4.55. The summed E-state index contributed by atoms with van der Waals surface area (Å²) in [5.74, 6) is 2.37. The molecule has 0 aliphatic carbocycles. The van der Waals surface area contributed by atoms with Crippen LogP contribution in [0, 0.1) is 6.92 Å². The summed E-state index contributed by atoms with van der Waals surface area (Å²) in [7, 11) is 0. The molecule has 5 rings (SSSR count). The maximum absolute atomic E-state index is 6.32. The number of aromatic nitrogens is 2. The topological polar surface area (TPSA) is 41.5 Å². The second kappa shape index (κ2) is 9.06. The maximum atomic E-state index is 6.32. The molecule has 0 atom stereocenters. The molecule has 31 heavy (non-hydrogen) atoms. The highest BCUT2D eigenvalue weighted by Crippen LogP contribution is 2.32. The van der Waals surface area contributed by atoms with Crippen LogP contribution in [-0.4, -0.2) is 34.5 Å². The highest BCUT2D eigenvalue weighted by Gasteiger charge is 2.26. The van der Waals surface area contributed by atoms with Gasteiger partial charge in [0.15, 0.2) is 0 Å². The molecule has 3 heterocycles. The minimum Gasteiger partial charge on any atom is -0.439 e. The summed E-state index contributed by atoms with van der Waals surface area (Å²) in [5.41, 5.74) is 4.92. The molecule has 1 aromatic heterocycles. The minimum atomic E-state index is 0.714. The van der Waals surface area contributed by atoms with Crippen molar-refractivity contribution in [3.05, 3.63) is 77.0 Å². The lowest BCUT2D eigenvalue weighted by Crippen LogP contribution is -2.34. The van der Waals surface area contributed by atoms with Gasteiger partial charge in [0, 0.05) is 39.1 Å². The van der Waals surface area contributed by atoms with Crippen molar-refractivity contribution in [3.8, 4) is 11.6 Å². The second-order valence-electron chi connectivity index (χ2n) is 8.67. The van der Waals surface area contributed by atoms with Crippen molar-refractivity contribution < 1.29 is 4.74 Å². The number of para-hydroxylation sites is 1. The van der Waals surface area contributed by atoms with Crippen LogP contribution >= 0.6 is 0 Å². The molecule has 0 saturated carbocycles. The van der Waals surface area contributed by atoms with E-state index < -0.39 is 0 Å². The normalized spacial score (nSPS) is 16.7. The van der Waals surface area contributed by atoms with E-state index in [1.54, 1.807) is 0 Å². The molecule has 0 spiro atoms. The molecule has 1 fully saturated rings. The van der Waals surface area contributed by atoms with Gasteiger partial charge in [0.1, 0.15) is 5.75 Å². The molecule has 0 bridgehead atoms. The number of ether oxygens (including phenoxy) is 1. The molecule has 5 nitrogen and oxygen atoms in total. The molecule has 1 saturated heterocycles. The van der Waals surface area contributed by atoms with Crippen molar-refractivity contribution >= 4 is 5.95 Å². The molecule has 3 aromatic rings. The van der Waals surface area contributed by atoms with Gasteiger partial charge in [0.05, 0.1) is 11.3 Å². The number of benzene rings is 2. The van der Waals surface area contributed by atoms with Crippen LogP contribution in [0.4, 0.5) is 5.95 Å². The third kappa shape index (κ3) is 4.72. The number of nitrogens with zero attached hydrogens (tertiary/aromatic N) is 4. The summed E-state index contributed by atoms with van der Waals surface area (Å²) in [4.78, 5) is 14.7. The Morgan fingerprint density at radius 2 is 1.74 bits per heavy atom. The lowest BCUT2D eigenvalue weighted by Gasteiger charge is -2.32. The smallest absolute Gasteiger partial charge is 0.228 e. The van der Waals surface area contributed by atoms with E-state index >= 15 is 0 Å². The number of hydrogen-bond acceptors (Lipinski definition) is 5. The Morgan fingerprint density at radius 1 is 0.903 bits per heavy atom. The Labute approximate surface area is 184 Å². The van der Waals surface area contributed by atoms with Crippen LogP contribution < -0.4 is 9.64 Å². The molecule has 0 N–H and O–H groups in total. The van der Waals surface area contributed by atoms with E-state index in [0.29, 0.717) is 5.88 Å². The first kappa shape index (κ1) is 20.0. The average Bonchev–Trinajstić information content (AvgIpc) is 2.80. The fourth-order valence-corrected chi connectivity index (χ4v) is 4.55. The van der Waals surface area contributed by atoms with Crippen LogP contribution in [0.5, 0.6) is 11.6 Å². The zero-order chi connectivity index (χ0) is 21.0. The van der Waals surface area contributed by atoms with Crippen LogP contribution in [0.15, 0.2) is 54.6 Å². The zero-order valence-electron chi connectivity index (χ0n) is 18.3. The number of hydrogen-bond donors (Lipinski definition) is 0. The summed E-state index contributed by atoms with van der Waals surface area (Å²) < 4.78 is 6.32.